The minimum atomic E-state index is -2.78. The van der Waals surface area contributed by atoms with E-state index in [1.165, 1.54) is 37.4 Å². The Balaban J connectivity index is 1.27. The molecule has 0 saturated heterocycles. The van der Waals surface area contributed by atoms with Crippen molar-refractivity contribution in [3.63, 3.8) is 0 Å². The van der Waals surface area contributed by atoms with E-state index in [-0.39, 0.29) is 0 Å². The van der Waals surface area contributed by atoms with Crippen LogP contribution in [0.15, 0.2) is 182 Å². The van der Waals surface area contributed by atoms with Gasteiger partial charge in [-0.15, -0.1) is 0 Å². The molecule has 1 aliphatic rings. The van der Waals surface area contributed by atoms with E-state index in [9.17, 15) is 0 Å². The molecule has 0 atom stereocenters. The SMILES string of the molecule is c1ccc(-c2cccc([Si](c3ccccc3)(c3ccccc3)c3cccc(-c4ccc5nc6n(c5c4)-c4ccccc4CO6)c3)c2)cc1. The normalized spacial score (nSPS) is 12.2. The maximum absolute atomic E-state index is 6.09. The van der Waals surface area contributed by atoms with Gasteiger partial charge in [-0.2, -0.15) is 4.98 Å². The number of hydrogen-bond acceptors (Lipinski definition) is 2. The minimum Gasteiger partial charge on any atom is -0.459 e. The maximum atomic E-state index is 6.09. The van der Waals surface area contributed by atoms with Crippen molar-refractivity contribution in [1.29, 1.82) is 0 Å². The second-order valence-electron chi connectivity index (χ2n) is 12.4. The van der Waals surface area contributed by atoms with Crippen LogP contribution in [-0.2, 0) is 6.61 Å². The maximum Gasteiger partial charge on any atom is 0.302 e. The highest BCUT2D eigenvalue weighted by Gasteiger charge is 2.41. The van der Waals surface area contributed by atoms with E-state index in [2.05, 4.69) is 187 Å². The largest absolute Gasteiger partial charge is 0.459 e. The highest BCUT2D eigenvalue weighted by molar-refractivity contribution is 7.20. The van der Waals surface area contributed by atoms with Crippen molar-refractivity contribution < 1.29 is 4.74 Å². The molecular weight excluding hydrogens is 601 g/mol. The van der Waals surface area contributed by atoms with Crippen LogP contribution in [0.2, 0.25) is 0 Å². The first-order chi connectivity index (χ1) is 23.8. The summed E-state index contributed by atoms with van der Waals surface area (Å²) >= 11 is 0. The lowest BCUT2D eigenvalue weighted by molar-refractivity contribution is 0.265. The smallest absolute Gasteiger partial charge is 0.302 e. The second-order valence-corrected chi connectivity index (χ2v) is 16.2. The molecule has 0 aliphatic carbocycles. The monoisotopic (exact) mass is 632 g/mol. The fourth-order valence-electron chi connectivity index (χ4n) is 7.43. The van der Waals surface area contributed by atoms with E-state index in [1.807, 2.05) is 0 Å². The number of benzene rings is 7. The van der Waals surface area contributed by atoms with Gasteiger partial charge in [-0.3, -0.25) is 4.57 Å². The van der Waals surface area contributed by atoms with Crippen LogP contribution < -0.4 is 25.5 Å². The summed E-state index contributed by atoms with van der Waals surface area (Å²) in [6.07, 6.45) is 0. The van der Waals surface area contributed by atoms with E-state index in [0.717, 1.165) is 27.8 Å². The van der Waals surface area contributed by atoms with Gasteiger partial charge < -0.3 is 4.74 Å². The number of rotatable bonds is 6. The molecule has 0 fully saturated rings. The predicted octanol–water partition coefficient (Wildman–Crippen LogP) is 7.63. The van der Waals surface area contributed by atoms with Crippen LogP contribution >= 0.6 is 0 Å². The van der Waals surface area contributed by atoms with Crippen molar-refractivity contribution in [2.75, 3.05) is 0 Å². The lowest BCUT2D eigenvalue weighted by atomic mass is 10.0. The predicted molar refractivity (Wildman–Crippen MR) is 200 cm³/mol. The Morgan fingerprint density at radius 3 is 1.65 bits per heavy atom. The van der Waals surface area contributed by atoms with E-state index in [4.69, 9.17) is 9.72 Å². The van der Waals surface area contributed by atoms with Gasteiger partial charge in [0.1, 0.15) is 6.61 Å². The summed E-state index contributed by atoms with van der Waals surface area (Å²) in [5.41, 5.74) is 9.05. The molecule has 0 amide bonds. The number of ether oxygens (including phenoxy) is 1. The summed E-state index contributed by atoms with van der Waals surface area (Å²) < 4.78 is 8.25. The molecule has 0 spiro atoms. The molecule has 228 valence electrons. The molecule has 0 bridgehead atoms. The molecule has 4 heteroatoms. The lowest BCUT2D eigenvalue weighted by Gasteiger charge is -2.35. The van der Waals surface area contributed by atoms with Crippen molar-refractivity contribution in [2.45, 2.75) is 6.61 Å². The fourth-order valence-corrected chi connectivity index (χ4v) is 12.2. The summed E-state index contributed by atoms with van der Waals surface area (Å²) in [7, 11) is -2.78. The topological polar surface area (TPSA) is 27.1 Å². The van der Waals surface area contributed by atoms with Gasteiger partial charge in [0.15, 0.2) is 8.07 Å². The van der Waals surface area contributed by atoms with Crippen molar-refractivity contribution in [2.24, 2.45) is 0 Å². The van der Waals surface area contributed by atoms with Gasteiger partial charge in [0.25, 0.3) is 0 Å². The molecule has 8 aromatic rings. The molecular formula is C44H32N2OSi. The van der Waals surface area contributed by atoms with E-state index in [1.54, 1.807) is 0 Å². The van der Waals surface area contributed by atoms with Gasteiger partial charge in [0, 0.05) is 5.56 Å². The fraction of sp³-hybridized carbons (Fsp3) is 0.0227. The molecule has 0 radical (unpaired) electrons. The van der Waals surface area contributed by atoms with Crippen LogP contribution in [0.25, 0.3) is 39.0 Å². The standard InChI is InChI=1S/C44H32N2OSi/c1-4-14-32(15-5-1)33-17-12-23-39(28-33)48(37-19-6-2-7-20-37,38-21-8-3-9-22-38)40-24-13-18-34(29-40)35-26-27-41-43(30-35)46-42-25-11-10-16-36(42)31-47-44(46)45-41/h1-30H,31H2. The zero-order valence-corrected chi connectivity index (χ0v) is 27.3. The summed E-state index contributed by atoms with van der Waals surface area (Å²) in [6, 6.07) is 67.1. The average molecular weight is 633 g/mol. The zero-order chi connectivity index (χ0) is 31.9. The Bertz CT molecular complexity index is 2360. The Morgan fingerprint density at radius 1 is 0.458 bits per heavy atom. The second kappa shape index (κ2) is 11.7. The number of fused-ring (bicyclic) bond motifs is 5. The first-order valence-electron chi connectivity index (χ1n) is 16.4. The van der Waals surface area contributed by atoms with Crippen LogP contribution in [-0.4, -0.2) is 17.6 Å². The van der Waals surface area contributed by atoms with Crippen LogP contribution in [0.5, 0.6) is 6.01 Å². The molecule has 1 aromatic heterocycles. The van der Waals surface area contributed by atoms with Crippen LogP contribution in [0.4, 0.5) is 0 Å². The highest BCUT2D eigenvalue weighted by atomic mass is 28.3. The van der Waals surface area contributed by atoms with E-state index >= 15 is 0 Å². The van der Waals surface area contributed by atoms with E-state index in [0.29, 0.717) is 12.6 Å². The summed E-state index contributed by atoms with van der Waals surface area (Å²) in [5.74, 6) is 0. The van der Waals surface area contributed by atoms with Crippen molar-refractivity contribution in [1.82, 2.24) is 9.55 Å². The first kappa shape index (κ1) is 28.3. The van der Waals surface area contributed by atoms with Crippen molar-refractivity contribution in [3.8, 4) is 34.0 Å². The molecule has 0 unspecified atom stereocenters. The quantitative estimate of drug-likeness (QED) is 0.139. The molecule has 0 N–H and O–H groups in total. The van der Waals surface area contributed by atoms with Crippen LogP contribution in [0.1, 0.15) is 5.56 Å². The van der Waals surface area contributed by atoms with Gasteiger partial charge >= 0.3 is 6.01 Å². The third-order valence-corrected chi connectivity index (χ3v) is 14.4. The molecule has 0 saturated carbocycles. The van der Waals surface area contributed by atoms with Crippen LogP contribution in [0.3, 0.4) is 0 Å². The first-order valence-corrected chi connectivity index (χ1v) is 18.4. The number of imidazole rings is 1. The van der Waals surface area contributed by atoms with Crippen molar-refractivity contribution >= 4 is 39.9 Å². The zero-order valence-electron chi connectivity index (χ0n) is 26.3. The minimum absolute atomic E-state index is 0.533. The highest BCUT2D eigenvalue weighted by Crippen LogP contribution is 2.34. The third kappa shape index (κ3) is 4.61. The summed E-state index contributed by atoms with van der Waals surface area (Å²) in [6.45, 7) is 0.533. The molecule has 9 rings (SSSR count). The van der Waals surface area contributed by atoms with Crippen molar-refractivity contribution in [3.05, 3.63) is 188 Å². The number of nitrogens with zero attached hydrogens (tertiary/aromatic N) is 2. The molecule has 7 aromatic carbocycles. The van der Waals surface area contributed by atoms with Crippen LogP contribution in [0, 0.1) is 0 Å². The Hall–Kier alpha value is -5.97. The number of hydrogen-bond donors (Lipinski definition) is 0. The van der Waals surface area contributed by atoms with Gasteiger partial charge in [-0.25, -0.2) is 0 Å². The number of para-hydroxylation sites is 1. The Kier molecular flexibility index (Phi) is 6.88. The summed E-state index contributed by atoms with van der Waals surface area (Å²) in [5, 5.41) is 5.40. The summed E-state index contributed by atoms with van der Waals surface area (Å²) in [4.78, 5) is 4.84. The third-order valence-electron chi connectivity index (χ3n) is 9.66. The van der Waals surface area contributed by atoms with Gasteiger partial charge in [0.05, 0.1) is 16.7 Å². The van der Waals surface area contributed by atoms with Gasteiger partial charge in [-0.1, -0.05) is 164 Å². The molecule has 48 heavy (non-hydrogen) atoms. The lowest BCUT2D eigenvalue weighted by Crippen LogP contribution is -2.74. The van der Waals surface area contributed by atoms with E-state index < -0.39 is 8.07 Å². The Labute approximate surface area is 281 Å². The molecule has 3 nitrogen and oxygen atoms in total. The average Bonchev–Trinajstić information content (AvgIpc) is 3.55. The molecule has 2 heterocycles. The van der Waals surface area contributed by atoms with Gasteiger partial charge in [-0.05, 0) is 61.2 Å². The Morgan fingerprint density at radius 2 is 0.979 bits per heavy atom. The number of aromatic nitrogens is 2. The van der Waals surface area contributed by atoms with Gasteiger partial charge in [0.2, 0.25) is 0 Å². The molecule has 1 aliphatic heterocycles.